The van der Waals surface area contributed by atoms with Gasteiger partial charge < -0.3 is 14.2 Å². The molecule has 0 saturated carbocycles. The van der Waals surface area contributed by atoms with Crippen LogP contribution >= 0.6 is 0 Å². The highest BCUT2D eigenvalue weighted by Crippen LogP contribution is 2.38. The number of pyridine rings is 1. The highest BCUT2D eigenvalue weighted by atomic mass is 16.5. The first-order valence-corrected chi connectivity index (χ1v) is 10.8. The van der Waals surface area contributed by atoms with Gasteiger partial charge in [0, 0.05) is 41.2 Å². The Kier molecular flexibility index (Phi) is 7.04. The van der Waals surface area contributed by atoms with Crippen LogP contribution in [0.5, 0.6) is 17.2 Å². The third-order valence-corrected chi connectivity index (χ3v) is 5.33. The van der Waals surface area contributed by atoms with Gasteiger partial charge in [-0.3, -0.25) is 9.78 Å². The third-order valence-electron chi connectivity index (χ3n) is 5.33. The zero-order valence-electron chi connectivity index (χ0n) is 19.3. The lowest BCUT2D eigenvalue weighted by atomic mass is 10.00. The van der Waals surface area contributed by atoms with Crippen LogP contribution in [0.25, 0.3) is 35.1 Å². The van der Waals surface area contributed by atoms with E-state index in [0.717, 1.165) is 44.5 Å². The Balaban J connectivity index is 1.66. The molecule has 170 valence electrons. The van der Waals surface area contributed by atoms with E-state index in [1.165, 1.54) is 6.92 Å². The normalized spacial score (nSPS) is 11.3. The second-order valence-corrected chi connectivity index (χ2v) is 7.58. The Hall–Kier alpha value is -4.38. The first kappa shape index (κ1) is 22.8. The summed E-state index contributed by atoms with van der Waals surface area (Å²) in [5.74, 6) is 1.75. The first-order chi connectivity index (χ1) is 16.6. The van der Waals surface area contributed by atoms with Crippen molar-refractivity contribution in [1.29, 1.82) is 0 Å². The number of ether oxygens (including phenoxy) is 3. The summed E-state index contributed by atoms with van der Waals surface area (Å²) in [5.41, 5.74) is 3.97. The van der Waals surface area contributed by atoms with Crippen LogP contribution in [0.1, 0.15) is 29.2 Å². The van der Waals surface area contributed by atoms with Crippen molar-refractivity contribution in [3.63, 3.8) is 0 Å². The molecule has 0 aliphatic rings. The fourth-order valence-corrected chi connectivity index (χ4v) is 3.76. The molecule has 0 aliphatic carbocycles. The molecule has 0 unspecified atom stereocenters. The molecule has 3 aromatic carbocycles. The van der Waals surface area contributed by atoms with Gasteiger partial charge >= 0.3 is 5.97 Å². The van der Waals surface area contributed by atoms with Crippen LogP contribution < -0.4 is 14.2 Å². The predicted molar refractivity (Wildman–Crippen MR) is 137 cm³/mol. The van der Waals surface area contributed by atoms with Crippen LogP contribution in [0.15, 0.2) is 73.1 Å². The standard InChI is InChI=1S/C29H25NO4/c1-20(31)34-25-12-6-21(7-13-25)4-8-23-10-14-27-26(28(23)32-2)15-11-24(29(27)33-3)9-5-22-16-18-30-19-17-22/h4-19H,1-3H3/b8-4+,9-5+. The zero-order valence-corrected chi connectivity index (χ0v) is 19.3. The molecule has 0 spiro atoms. The molecule has 0 aliphatic heterocycles. The molecule has 0 N–H and O–H groups in total. The van der Waals surface area contributed by atoms with Crippen molar-refractivity contribution >= 4 is 41.0 Å². The number of hydrogen-bond donors (Lipinski definition) is 0. The van der Waals surface area contributed by atoms with E-state index in [-0.39, 0.29) is 5.97 Å². The third kappa shape index (κ3) is 5.15. The highest BCUT2D eigenvalue weighted by Gasteiger charge is 2.12. The number of aromatic nitrogens is 1. The van der Waals surface area contributed by atoms with Crippen molar-refractivity contribution < 1.29 is 19.0 Å². The van der Waals surface area contributed by atoms with Gasteiger partial charge in [0.1, 0.15) is 17.2 Å². The van der Waals surface area contributed by atoms with Crippen molar-refractivity contribution in [1.82, 2.24) is 4.98 Å². The maximum absolute atomic E-state index is 11.1. The van der Waals surface area contributed by atoms with E-state index in [4.69, 9.17) is 14.2 Å². The Morgan fingerprint density at radius 3 is 1.65 bits per heavy atom. The number of esters is 1. The SMILES string of the molecule is COc1c(/C=C/c2ccncc2)ccc2c(OC)c(/C=C/c3ccc(OC(C)=O)cc3)ccc12. The molecule has 4 rings (SSSR count). The second-order valence-electron chi connectivity index (χ2n) is 7.58. The molecule has 1 aromatic heterocycles. The van der Waals surface area contributed by atoms with Gasteiger partial charge in [-0.15, -0.1) is 0 Å². The quantitative estimate of drug-likeness (QED) is 0.182. The Labute approximate surface area is 198 Å². The smallest absolute Gasteiger partial charge is 0.308 e. The fourth-order valence-electron chi connectivity index (χ4n) is 3.76. The van der Waals surface area contributed by atoms with Gasteiger partial charge in [0.05, 0.1) is 14.2 Å². The largest absolute Gasteiger partial charge is 0.495 e. The number of carbonyl (C=O) groups is 1. The van der Waals surface area contributed by atoms with Gasteiger partial charge in [-0.2, -0.15) is 0 Å². The van der Waals surface area contributed by atoms with Crippen molar-refractivity contribution in [3.05, 3.63) is 95.3 Å². The van der Waals surface area contributed by atoms with Gasteiger partial charge in [0.25, 0.3) is 0 Å². The summed E-state index contributed by atoms with van der Waals surface area (Å²) < 4.78 is 16.7. The summed E-state index contributed by atoms with van der Waals surface area (Å²) >= 11 is 0. The summed E-state index contributed by atoms with van der Waals surface area (Å²) in [5, 5.41) is 1.94. The molecule has 5 heteroatoms. The molecule has 0 saturated heterocycles. The van der Waals surface area contributed by atoms with Crippen molar-refractivity contribution in [2.75, 3.05) is 14.2 Å². The minimum Gasteiger partial charge on any atom is -0.495 e. The summed E-state index contributed by atoms with van der Waals surface area (Å²) in [6.07, 6.45) is 11.6. The fraction of sp³-hybridized carbons (Fsp3) is 0.103. The number of nitrogens with zero attached hydrogens (tertiary/aromatic N) is 1. The molecule has 34 heavy (non-hydrogen) atoms. The number of rotatable bonds is 7. The number of hydrogen-bond acceptors (Lipinski definition) is 5. The average molecular weight is 452 g/mol. The molecular weight excluding hydrogens is 426 g/mol. The minimum atomic E-state index is -0.337. The monoisotopic (exact) mass is 451 g/mol. The van der Waals surface area contributed by atoms with Crippen LogP contribution in [0.2, 0.25) is 0 Å². The van der Waals surface area contributed by atoms with E-state index in [1.54, 1.807) is 38.7 Å². The van der Waals surface area contributed by atoms with Gasteiger partial charge in [-0.05, 0) is 47.5 Å². The summed E-state index contributed by atoms with van der Waals surface area (Å²) in [6, 6.07) is 19.4. The van der Waals surface area contributed by atoms with Gasteiger partial charge in [0.2, 0.25) is 0 Å². The topological polar surface area (TPSA) is 57.6 Å². The van der Waals surface area contributed by atoms with E-state index in [2.05, 4.69) is 4.98 Å². The van der Waals surface area contributed by atoms with E-state index < -0.39 is 0 Å². The number of methoxy groups -OCH3 is 2. The first-order valence-electron chi connectivity index (χ1n) is 10.8. The molecule has 0 amide bonds. The lowest BCUT2D eigenvalue weighted by Gasteiger charge is -2.14. The molecule has 4 aromatic rings. The number of fused-ring (bicyclic) bond motifs is 1. The van der Waals surface area contributed by atoms with Crippen LogP contribution in [-0.4, -0.2) is 25.2 Å². The molecular formula is C29H25NO4. The van der Waals surface area contributed by atoms with Gasteiger partial charge in [-0.1, -0.05) is 48.6 Å². The van der Waals surface area contributed by atoms with E-state index in [9.17, 15) is 4.79 Å². The Bertz CT molecular complexity index is 1360. The minimum absolute atomic E-state index is 0.337. The molecule has 5 nitrogen and oxygen atoms in total. The van der Waals surface area contributed by atoms with Crippen molar-refractivity contribution in [3.8, 4) is 17.2 Å². The molecule has 1 heterocycles. The summed E-state index contributed by atoms with van der Waals surface area (Å²) in [7, 11) is 3.35. The lowest BCUT2D eigenvalue weighted by Crippen LogP contribution is -2.00. The Morgan fingerprint density at radius 1 is 0.676 bits per heavy atom. The summed E-state index contributed by atoms with van der Waals surface area (Å²) in [6.45, 7) is 1.38. The lowest BCUT2D eigenvalue weighted by molar-refractivity contribution is -0.131. The summed E-state index contributed by atoms with van der Waals surface area (Å²) in [4.78, 5) is 15.1. The van der Waals surface area contributed by atoms with E-state index >= 15 is 0 Å². The average Bonchev–Trinajstić information content (AvgIpc) is 2.86. The maximum atomic E-state index is 11.1. The molecule has 0 radical (unpaired) electrons. The van der Waals surface area contributed by atoms with E-state index in [0.29, 0.717) is 5.75 Å². The predicted octanol–water partition coefficient (Wildman–Crippen LogP) is 6.52. The van der Waals surface area contributed by atoms with Crippen LogP contribution in [0.3, 0.4) is 0 Å². The maximum Gasteiger partial charge on any atom is 0.308 e. The Morgan fingerprint density at radius 2 is 1.18 bits per heavy atom. The second kappa shape index (κ2) is 10.5. The molecule has 0 atom stereocenters. The van der Waals surface area contributed by atoms with Crippen molar-refractivity contribution in [2.24, 2.45) is 0 Å². The van der Waals surface area contributed by atoms with Crippen LogP contribution in [0, 0.1) is 0 Å². The van der Waals surface area contributed by atoms with Gasteiger partial charge in [0.15, 0.2) is 0 Å². The molecule has 0 fully saturated rings. The van der Waals surface area contributed by atoms with Crippen LogP contribution in [0.4, 0.5) is 0 Å². The highest BCUT2D eigenvalue weighted by molar-refractivity contribution is 5.99. The zero-order chi connectivity index (χ0) is 23.9. The van der Waals surface area contributed by atoms with Gasteiger partial charge in [-0.25, -0.2) is 0 Å². The number of benzene rings is 3. The molecule has 0 bridgehead atoms. The van der Waals surface area contributed by atoms with Crippen molar-refractivity contribution in [2.45, 2.75) is 6.92 Å². The van der Waals surface area contributed by atoms with E-state index in [1.807, 2.05) is 72.8 Å². The number of carbonyl (C=O) groups excluding carboxylic acids is 1. The van der Waals surface area contributed by atoms with Crippen LogP contribution in [-0.2, 0) is 4.79 Å².